The summed E-state index contributed by atoms with van der Waals surface area (Å²) < 4.78 is 0. The number of nitrogens with one attached hydrogen (secondary N) is 1. The predicted octanol–water partition coefficient (Wildman–Crippen LogP) is 0.386. The molecule has 0 amide bonds. The molecule has 1 aromatic carbocycles. The zero-order valence-electron chi connectivity index (χ0n) is 7.03. The molecule has 1 aromatic rings. The van der Waals surface area contributed by atoms with E-state index < -0.39 is 0 Å². The molecule has 0 aromatic heterocycles. The molecule has 0 aliphatic heterocycles. The third-order valence-electron chi connectivity index (χ3n) is 1.64. The van der Waals surface area contributed by atoms with Crippen LogP contribution >= 0.6 is 0 Å². The molecule has 0 fully saturated rings. The largest absolute Gasteiger partial charge is 0.504 e. The Hall–Kier alpha value is -1.55. The maximum atomic E-state index is 9.97. The van der Waals surface area contributed by atoms with Crippen LogP contribution in [0.3, 0.4) is 0 Å². The number of aldehydes is 1. The van der Waals surface area contributed by atoms with Crippen molar-refractivity contribution in [2.45, 2.75) is 6.54 Å². The van der Waals surface area contributed by atoms with Crippen LogP contribution in [-0.4, -0.2) is 23.0 Å². The summed E-state index contributed by atoms with van der Waals surface area (Å²) in [5.41, 5.74) is 0.571. The van der Waals surface area contributed by atoms with Gasteiger partial charge in [0.25, 0.3) is 0 Å². The Bertz CT molecular complexity index is 299. The number of hydrogen-bond donors (Lipinski definition) is 3. The van der Waals surface area contributed by atoms with E-state index in [-0.39, 0.29) is 18.0 Å². The van der Waals surface area contributed by atoms with Gasteiger partial charge in [-0.3, -0.25) is 0 Å². The summed E-state index contributed by atoms with van der Waals surface area (Å²) >= 11 is 0. The van der Waals surface area contributed by atoms with Crippen LogP contribution in [-0.2, 0) is 11.3 Å². The Labute approximate surface area is 75.8 Å². The quantitative estimate of drug-likeness (QED) is 0.357. The molecular weight excluding hydrogens is 170 g/mol. The maximum Gasteiger partial charge on any atom is 0.161 e. The second-order valence-electron chi connectivity index (χ2n) is 2.58. The monoisotopic (exact) mass is 181 g/mol. The average Bonchev–Trinajstić information content (AvgIpc) is 2.13. The summed E-state index contributed by atoms with van der Waals surface area (Å²) in [6, 6.07) is 4.71. The van der Waals surface area contributed by atoms with Crippen molar-refractivity contribution in [1.82, 2.24) is 5.32 Å². The molecule has 0 saturated heterocycles. The van der Waals surface area contributed by atoms with Crippen molar-refractivity contribution in [3.8, 4) is 11.5 Å². The fraction of sp³-hybridized carbons (Fsp3) is 0.222. The molecule has 70 valence electrons. The molecule has 13 heavy (non-hydrogen) atoms. The van der Waals surface area contributed by atoms with Crippen LogP contribution in [0, 0.1) is 0 Å². The summed E-state index contributed by atoms with van der Waals surface area (Å²) in [6.45, 7) is 0.591. The highest BCUT2D eigenvalue weighted by Gasteiger charge is 2.03. The molecule has 1 rings (SSSR count). The van der Waals surface area contributed by atoms with Crippen LogP contribution in [0.2, 0.25) is 0 Å². The van der Waals surface area contributed by atoms with Crippen LogP contribution in [0.25, 0.3) is 0 Å². The van der Waals surface area contributed by atoms with Crippen molar-refractivity contribution in [3.05, 3.63) is 23.8 Å². The minimum absolute atomic E-state index is 0.138. The van der Waals surface area contributed by atoms with Gasteiger partial charge in [-0.25, -0.2) is 0 Å². The zero-order chi connectivity index (χ0) is 9.68. The summed E-state index contributed by atoms with van der Waals surface area (Å²) in [5.74, 6) is -0.286. The van der Waals surface area contributed by atoms with E-state index in [1.807, 2.05) is 0 Å². The van der Waals surface area contributed by atoms with E-state index in [1.165, 1.54) is 6.07 Å². The van der Waals surface area contributed by atoms with Crippen molar-refractivity contribution >= 4 is 6.29 Å². The molecule has 0 aliphatic rings. The highest BCUT2D eigenvalue weighted by atomic mass is 16.3. The topological polar surface area (TPSA) is 69.6 Å². The molecular formula is C9H11NO3. The Morgan fingerprint density at radius 2 is 2.15 bits per heavy atom. The van der Waals surface area contributed by atoms with Crippen LogP contribution in [0.4, 0.5) is 0 Å². The molecule has 0 unspecified atom stereocenters. The predicted molar refractivity (Wildman–Crippen MR) is 47.5 cm³/mol. The van der Waals surface area contributed by atoms with Gasteiger partial charge in [0.2, 0.25) is 0 Å². The van der Waals surface area contributed by atoms with Gasteiger partial charge in [0.15, 0.2) is 11.5 Å². The summed E-state index contributed by atoms with van der Waals surface area (Å²) in [4.78, 5) is 9.97. The lowest BCUT2D eigenvalue weighted by Gasteiger charge is -2.05. The minimum atomic E-state index is -0.148. The van der Waals surface area contributed by atoms with Gasteiger partial charge in [0.1, 0.15) is 6.29 Å². The number of para-hydroxylation sites is 1. The Kier molecular flexibility index (Phi) is 3.28. The number of aromatic hydroxyl groups is 2. The lowest BCUT2D eigenvalue weighted by molar-refractivity contribution is -0.107. The third-order valence-corrected chi connectivity index (χ3v) is 1.64. The molecule has 4 heteroatoms. The number of carbonyl (C=O) groups excluding carboxylic acids is 1. The summed E-state index contributed by atoms with van der Waals surface area (Å²) in [7, 11) is 0. The molecule has 0 aliphatic carbocycles. The maximum absolute atomic E-state index is 9.97. The van der Waals surface area contributed by atoms with Gasteiger partial charge in [-0.2, -0.15) is 0 Å². The molecule has 0 atom stereocenters. The van der Waals surface area contributed by atoms with Crippen molar-refractivity contribution in [2.24, 2.45) is 0 Å². The smallest absolute Gasteiger partial charge is 0.161 e. The fourth-order valence-electron chi connectivity index (χ4n) is 0.986. The SMILES string of the molecule is O=CCNCc1cccc(O)c1O. The Morgan fingerprint density at radius 1 is 1.38 bits per heavy atom. The van der Waals surface area contributed by atoms with Crippen LogP contribution in [0.5, 0.6) is 11.5 Å². The van der Waals surface area contributed by atoms with E-state index in [4.69, 9.17) is 5.11 Å². The Morgan fingerprint density at radius 3 is 2.85 bits per heavy atom. The fourth-order valence-corrected chi connectivity index (χ4v) is 0.986. The molecule has 0 saturated carbocycles. The second-order valence-corrected chi connectivity index (χ2v) is 2.58. The lowest BCUT2D eigenvalue weighted by atomic mass is 10.2. The standard InChI is InChI=1S/C9H11NO3/c11-5-4-10-6-7-2-1-3-8(12)9(7)13/h1-3,5,10,12-13H,4,6H2. The average molecular weight is 181 g/mol. The zero-order valence-corrected chi connectivity index (χ0v) is 7.03. The molecule has 0 bridgehead atoms. The number of phenols is 2. The normalized spacial score (nSPS) is 9.85. The molecule has 3 N–H and O–H groups in total. The van der Waals surface area contributed by atoms with Crippen LogP contribution in [0.1, 0.15) is 5.56 Å². The first-order chi connectivity index (χ1) is 6.25. The molecule has 0 radical (unpaired) electrons. The van der Waals surface area contributed by atoms with Gasteiger partial charge >= 0.3 is 0 Å². The van der Waals surface area contributed by atoms with E-state index in [0.29, 0.717) is 12.1 Å². The van der Waals surface area contributed by atoms with Crippen molar-refractivity contribution < 1.29 is 15.0 Å². The van der Waals surface area contributed by atoms with Gasteiger partial charge in [-0.05, 0) is 6.07 Å². The minimum Gasteiger partial charge on any atom is -0.504 e. The van der Waals surface area contributed by atoms with Crippen LogP contribution < -0.4 is 5.32 Å². The van der Waals surface area contributed by atoms with Crippen LogP contribution in [0.15, 0.2) is 18.2 Å². The second kappa shape index (κ2) is 4.47. The number of hydrogen-bond acceptors (Lipinski definition) is 4. The number of benzene rings is 1. The van der Waals surface area contributed by atoms with Gasteiger partial charge in [-0.15, -0.1) is 0 Å². The first-order valence-electron chi connectivity index (χ1n) is 3.90. The molecule has 0 spiro atoms. The summed E-state index contributed by atoms with van der Waals surface area (Å²) in [6.07, 6.45) is 0.736. The van der Waals surface area contributed by atoms with E-state index >= 15 is 0 Å². The highest BCUT2D eigenvalue weighted by molar-refractivity contribution is 5.52. The van der Waals surface area contributed by atoms with Gasteiger partial charge in [0.05, 0.1) is 6.54 Å². The summed E-state index contributed by atoms with van der Waals surface area (Å²) in [5, 5.41) is 21.2. The van der Waals surface area contributed by atoms with Gasteiger partial charge in [0, 0.05) is 12.1 Å². The first-order valence-corrected chi connectivity index (χ1v) is 3.90. The van der Waals surface area contributed by atoms with Crippen molar-refractivity contribution in [3.63, 3.8) is 0 Å². The van der Waals surface area contributed by atoms with Crippen molar-refractivity contribution in [2.75, 3.05) is 6.54 Å². The van der Waals surface area contributed by atoms with E-state index in [9.17, 15) is 9.90 Å². The third kappa shape index (κ3) is 2.45. The number of carbonyl (C=O) groups is 1. The molecule has 0 heterocycles. The van der Waals surface area contributed by atoms with E-state index in [0.717, 1.165) is 6.29 Å². The lowest BCUT2D eigenvalue weighted by Crippen LogP contribution is -2.15. The van der Waals surface area contributed by atoms with E-state index in [1.54, 1.807) is 12.1 Å². The van der Waals surface area contributed by atoms with Gasteiger partial charge < -0.3 is 20.3 Å². The number of phenolic OH excluding ortho intramolecular Hbond substituents is 2. The molecule has 4 nitrogen and oxygen atoms in total. The van der Waals surface area contributed by atoms with E-state index in [2.05, 4.69) is 5.32 Å². The van der Waals surface area contributed by atoms with Gasteiger partial charge in [-0.1, -0.05) is 12.1 Å². The highest BCUT2D eigenvalue weighted by Crippen LogP contribution is 2.27. The first kappa shape index (κ1) is 9.54. The Balaban J connectivity index is 2.65. The number of rotatable bonds is 4. The van der Waals surface area contributed by atoms with Crippen molar-refractivity contribution in [1.29, 1.82) is 0 Å².